The number of nitrogens with zero attached hydrogens (tertiary/aromatic N) is 2. The summed E-state index contributed by atoms with van der Waals surface area (Å²) in [6.45, 7) is 4.01. The Morgan fingerprint density at radius 3 is 2.65 bits per heavy atom. The minimum atomic E-state index is -1.46. The zero-order valence-corrected chi connectivity index (χ0v) is 11.6. The molecule has 0 bridgehead atoms. The molecule has 2 rings (SSSR count). The summed E-state index contributed by atoms with van der Waals surface area (Å²) in [7, 11) is 2.01. The number of halogens is 2. The molecular weight excluding hydrogens is 266 g/mol. The normalized spacial score (nSPS) is 20.2. The van der Waals surface area contributed by atoms with E-state index in [0.29, 0.717) is 13.1 Å². The molecule has 4 nitrogen and oxygen atoms in total. The largest absolute Gasteiger partial charge is 0.478 e. The number of carboxylic acid groups (broad SMARTS) is 1. The first-order chi connectivity index (χ1) is 9.45. The summed E-state index contributed by atoms with van der Waals surface area (Å²) in [5.41, 5.74) is -0.494. The Morgan fingerprint density at radius 1 is 1.35 bits per heavy atom. The highest BCUT2D eigenvalue weighted by molar-refractivity contribution is 5.88. The molecule has 0 aliphatic carbocycles. The highest BCUT2D eigenvalue weighted by atomic mass is 19.2. The molecule has 1 unspecified atom stereocenters. The van der Waals surface area contributed by atoms with Gasteiger partial charge in [-0.3, -0.25) is 4.90 Å². The van der Waals surface area contributed by atoms with E-state index in [1.54, 1.807) is 4.90 Å². The van der Waals surface area contributed by atoms with Crippen LogP contribution in [-0.4, -0.2) is 48.7 Å². The van der Waals surface area contributed by atoms with Crippen LogP contribution in [0.4, 0.5) is 14.5 Å². The van der Waals surface area contributed by atoms with Crippen molar-refractivity contribution in [1.29, 1.82) is 0 Å². The second-order valence-corrected chi connectivity index (χ2v) is 5.05. The first-order valence-corrected chi connectivity index (χ1v) is 6.62. The fourth-order valence-electron chi connectivity index (χ4n) is 2.55. The highest BCUT2D eigenvalue weighted by Crippen LogP contribution is 2.26. The third-order valence-corrected chi connectivity index (χ3v) is 3.88. The lowest BCUT2D eigenvalue weighted by Crippen LogP contribution is -2.51. The van der Waals surface area contributed by atoms with Gasteiger partial charge in [-0.15, -0.1) is 0 Å². The molecule has 6 heteroatoms. The van der Waals surface area contributed by atoms with Gasteiger partial charge in [0.15, 0.2) is 11.6 Å². The molecule has 0 spiro atoms. The van der Waals surface area contributed by atoms with Crippen LogP contribution < -0.4 is 4.90 Å². The Balaban J connectivity index is 2.30. The van der Waals surface area contributed by atoms with E-state index in [1.165, 1.54) is 6.07 Å². The summed E-state index contributed by atoms with van der Waals surface area (Å²) in [5, 5.41) is 8.78. The number of aromatic carboxylic acids is 1. The Labute approximate surface area is 116 Å². The van der Waals surface area contributed by atoms with Crippen LogP contribution in [0.15, 0.2) is 12.1 Å². The Kier molecular flexibility index (Phi) is 4.23. The molecule has 1 atom stereocenters. The molecule has 0 saturated carbocycles. The number of hydrogen-bond acceptors (Lipinski definition) is 3. The number of piperazine rings is 1. The average molecular weight is 284 g/mol. The molecular formula is C14H18F2N2O2. The van der Waals surface area contributed by atoms with Crippen molar-refractivity contribution in [2.45, 2.75) is 19.4 Å². The fraction of sp³-hybridized carbons (Fsp3) is 0.500. The number of carbonyl (C=O) groups is 1. The van der Waals surface area contributed by atoms with Gasteiger partial charge in [-0.2, -0.15) is 0 Å². The van der Waals surface area contributed by atoms with Crippen LogP contribution in [0, 0.1) is 11.6 Å². The molecule has 0 amide bonds. The van der Waals surface area contributed by atoms with Crippen molar-refractivity contribution >= 4 is 11.7 Å². The molecule has 1 N–H and O–H groups in total. The van der Waals surface area contributed by atoms with E-state index in [1.807, 2.05) is 7.05 Å². The van der Waals surface area contributed by atoms with Crippen molar-refractivity contribution in [2.24, 2.45) is 0 Å². The van der Waals surface area contributed by atoms with Gasteiger partial charge in [-0.05, 0) is 25.6 Å². The van der Waals surface area contributed by atoms with Gasteiger partial charge < -0.3 is 10.0 Å². The minimum Gasteiger partial charge on any atom is -0.478 e. The van der Waals surface area contributed by atoms with Gasteiger partial charge in [0.1, 0.15) is 0 Å². The maximum Gasteiger partial charge on any atom is 0.338 e. The molecule has 1 saturated heterocycles. The third-order valence-electron chi connectivity index (χ3n) is 3.88. The lowest BCUT2D eigenvalue weighted by atomic mass is 10.1. The second kappa shape index (κ2) is 5.75. The summed E-state index contributed by atoms with van der Waals surface area (Å²) in [6.07, 6.45) is 0.921. The zero-order chi connectivity index (χ0) is 14.9. The number of likely N-dealkylation sites (N-methyl/N-ethyl adjacent to an activating group) is 1. The van der Waals surface area contributed by atoms with Gasteiger partial charge >= 0.3 is 5.97 Å². The van der Waals surface area contributed by atoms with Gasteiger partial charge in [0, 0.05) is 25.7 Å². The van der Waals surface area contributed by atoms with Crippen LogP contribution in [0.2, 0.25) is 0 Å². The molecule has 1 aliphatic heterocycles. The summed E-state index contributed by atoms with van der Waals surface area (Å²) in [4.78, 5) is 14.7. The smallest absolute Gasteiger partial charge is 0.338 e. The topological polar surface area (TPSA) is 43.8 Å². The van der Waals surface area contributed by atoms with Crippen molar-refractivity contribution in [3.63, 3.8) is 0 Å². The Hall–Kier alpha value is -1.69. The van der Waals surface area contributed by atoms with Crippen molar-refractivity contribution in [2.75, 3.05) is 31.6 Å². The van der Waals surface area contributed by atoms with E-state index in [0.717, 1.165) is 19.0 Å². The second-order valence-electron chi connectivity index (χ2n) is 5.05. The van der Waals surface area contributed by atoms with E-state index in [2.05, 4.69) is 11.8 Å². The zero-order valence-electron chi connectivity index (χ0n) is 11.6. The van der Waals surface area contributed by atoms with Crippen LogP contribution in [0.1, 0.15) is 23.7 Å². The standard InChI is InChI=1S/C14H18F2N2O2/c1-3-9-8-18(7-6-17(9)2)11-5-4-10(14(19)20)12(15)13(11)16/h4-5,9H,3,6-8H2,1-2H3,(H,19,20). The summed E-state index contributed by atoms with van der Waals surface area (Å²) in [6, 6.07) is 2.75. The molecule has 1 fully saturated rings. The predicted octanol–water partition coefficient (Wildman–Crippen LogP) is 2.19. The van der Waals surface area contributed by atoms with Crippen LogP contribution in [0.25, 0.3) is 0 Å². The first-order valence-electron chi connectivity index (χ1n) is 6.62. The number of carboxylic acids is 1. The van der Waals surface area contributed by atoms with Crippen LogP contribution in [-0.2, 0) is 0 Å². The third kappa shape index (κ3) is 2.60. The van der Waals surface area contributed by atoms with Crippen LogP contribution >= 0.6 is 0 Å². The Morgan fingerprint density at radius 2 is 2.05 bits per heavy atom. The molecule has 1 aromatic rings. The maximum absolute atomic E-state index is 14.0. The van der Waals surface area contributed by atoms with E-state index in [-0.39, 0.29) is 11.7 Å². The van der Waals surface area contributed by atoms with Crippen LogP contribution in [0.3, 0.4) is 0 Å². The first kappa shape index (κ1) is 14.7. The summed E-state index contributed by atoms with van der Waals surface area (Å²) in [5.74, 6) is -3.83. The number of rotatable bonds is 3. The van der Waals surface area contributed by atoms with Gasteiger partial charge in [-0.25, -0.2) is 13.6 Å². The average Bonchev–Trinajstić information content (AvgIpc) is 2.42. The Bertz CT molecular complexity index is 522. The molecule has 20 heavy (non-hydrogen) atoms. The fourth-order valence-corrected chi connectivity index (χ4v) is 2.55. The molecule has 1 heterocycles. The lowest BCUT2D eigenvalue weighted by molar-refractivity contribution is 0.0690. The summed E-state index contributed by atoms with van der Waals surface area (Å²) < 4.78 is 27.8. The van der Waals surface area contributed by atoms with E-state index in [4.69, 9.17) is 5.11 Å². The molecule has 1 aromatic carbocycles. The van der Waals surface area contributed by atoms with Gasteiger partial charge in [-0.1, -0.05) is 6.92 Å². The van der Waals surface area contributed by atoms with Gasteiger partial charge in [0.25, 0.3) is 0 Å². The number of benzene rings is 1. The monoisotopic (exact) mass is 284 g/mol. The van der Waals surface area contributed by atoms with Crippen molar-refractivity contribution < 1.29 is 18.7 Å². The highest BCUT2D eigenvalue weighted by Gasteiger charge is 2.27. The number of anilines is 1. The maximum atomic E-state index is 14.0. The van der Waals surface area contributed by atoms with Gasteiger partial charge in [0.05, 0.1) is 11.3 Å². The molecule has 0 aromatic heterocycles. The lowest BCUT2D eigenvalue weighted by Gasteiger charge is -2.40. The molecule has 0 radical (unpaired) electrons. The molecule has 110 valence electrons. The van der Waals surface area contributed by atoms with E-state index in [9.17, 15) is 13.6 Å². The summed E-state index contributed by atoms with van der Waals surface area (Å²) >= 11 is 0. The van der Waals surface area contributed by atoms with E-state index < -0.39 is 23.2 Å². The van der Waals surface area contributed by atoms with E-state index >= 15 is 0 Å². The van der Waals surface area contributed by atoms with Crippen molar-refractivity contribution in [1.82, 2.24) is 4.90 Å². The van der Waals surface area contributed by atoms with Gasteiger partial charge in [0.2, 0.25) is 0 Å². The number of hydrogen-bond donors (Lipinski definition) is 1. The molecule has 1 aliphatic rings. The quantitative estimate of drug-likeness (QED) is 0.924. The van der Waals surface area contributed by atoms with Crippen molar-refractivity contribution in [3.05, 3.63) is 29.3 Å². The minimum absolute atomic E-state index is 0.138. The van der Waals surface area contributed by atoms with Crippen LogP contribution in [0.5, 0.6) is 0 Å². The van der Waals surface area contributed by atoms with Crippen molar-refractivity contribution in [3.8, 4) is 0 Å². The SMILES string of the molecule is CCC1CN(c2ccc(C(=O)O)c(F)c2F)CCN1C. The predicted molar refractivity (Wildman–Crippen MR) is 72.2 cm³/mol.